The lowest BCUT2D eigenvalue weighted by Crippen LogP contribution is -2.16. The summed E-state index contributed by atoms with van der Waals surface area (Å²) in [6.45, 7) is 4.13. The highest BCUT2D eigenvalue weighted by Crippen LogP contribution is 2.27. The largest absolute Gasteiger partial charge is 0.480 e. The minimum atomic E-state index is -0.325. The van der Waals surface area contributed by atoms with Gasteiger partial charge in [0.1, 0.15) is 5.69 Å². The van der Waals surface area contributed by atoms with Crippen LogP contribution >= 0.6 is 0 Å². The van der Waals surface area contributed by atoms with Crippen molar-refractivity contribution >= 4 is 0 Å². The molecule has 2 N–H and O–H groups in total. The third-order valence-electron chi connectivity index (χ3n) is 3.16. The first kappa shape index (κ1) is 12.5. The molecule has 4 heteroatoms. The van der Waals surface area contributed by atoms with Crippen LogP contribution in [0.25, 0.3) is 0 Å². The van der Waals surface area contributed by atoms with Crippen molar-refractivity contribution in [1.29, 1.82) is 0 Å². The molecule has 2 aromatic rings. The number of rotatable bonds is 3. The lowest BCUT2D eigenvalue weighted by molar-refractivity contribution is 0.387. The van der Waals surface area contributed by atoms with Crippen molar-refractivity contribution in [2.24, 2.45) is 5.73 Å². The number of hydrogen-bond acceptors (Lipinski definition) is 4. The van der Waals surface area contributed by atoms with Gasteiger partial charge in [-0.2, -0.15) is 0 Å². The van der Waals surface area contributed by atoms with E-state index in [2.05, 4.69) is 29.9 Å². The Balaban J connectivity index is 2.48. The molecular weight excluding hydrogens is 226 g/mol. The molecule has 1 atom stereocenters. The van der Waals surface area contributed by atoms with Gasteiger partial charge in [-0.25, -0.2) is 4.98 Å². The van der Waals surface area contributed by atoms with Gasteiger partial charge in [-0.1, -0.05) is 18.2 Å². The van der Waals surface area contributed by atoms with Crippen LogP contribution in [0.3, 0.4) is 0 Å². The average Bonchev–Trinajstić information content (AvgIpc) is 2.41. The molecule has 0 aliphatic rings. The lowest BCUT2D eigenvalue weighted by atomic mass is 9.96. The normalized spacial score (nSPS) is 12.2. The number of nitrogens with two attached hydrogens (primary N) is 1. The van der Waals surface area contributed by atoms with Gasteiger partial charge in [0.2, 0.25) is 5.88 Å². The quantitative estimate of drug-likeness (QED) is 0.897. The van der Waals surface area contributed by atoms with Crippen LogP contribution in [-0.2, 0) is 0 Å². The molecule has 18 heavy (non-hydrogen) atoms. The second kappa shape index (κ2) is 5.14. The van der Waals surface area contributed by atoms with E-state index in [-0.39, 0.29) is 6.04 Å². The summed E-state index contributed by atoms with van der Waals surface area (Å²) in [6.07, 6.45) is 3.22. The van der Waals surface area contributed by atoms with Gasteiger partial charge in [-0.05, 0) is 30.5 Å². The smallest absolute Gasteiger partial charge is 0.237 e. The van der Waals surface area contributed by atoms with Crippen LogP contribution in [0.5, 0.6) is 5.88 Å². The molecular formula is C14H17N3O. The maximum Gasteiger partial charge on any atom is 0.237 e. The Morgan fingerprint density at radius 3 is 2.61 bits per heavy atom. The van der Waals surface area contributed by atoms with E-state index in [1.807, 2.05) is 12.1 Å². The van der Waals surface area contributed by atoms with Gasteiger partial charge in [-0.15, -0.1) is 0 Å². The zero-order chi connectivity index (χ0) is 13.1. The fourth-order valence-electron chi connectivity index (χ4n) is 1.96. The van der Waals surface area contributed by atoms with Crippen molar-refractivity contribution in [3.63, 3.8) is 0 Å². The molecule has 0 aliphatic heterocycles. The zero-order valence-corrected chi connectivity index (χ0v) is 10.8. The highest BCUT2D eigenvalue weighted by atomic mass is 16.5. The van der Waals surface area contributed by atoms with E-state index in [0.717, 1.165) is 5.56 Å². The number of nitrogens with zero attached hydrogens (tertiary/aromatic N) is 2. The Labute approximate surface area is 107 Å². The molecule has 4 nitrogen and oxygen atoms in total. The summed E-state index contributed by atoms with van der Waals surface area (Å²) >= 11 is 0. The minimum absolute atomic E-state index is 0.325. The maximum absolute atomic E-state index is 6.28. The van der Waals surface area contributed by atoms with Gasteiger partial charge in [0.05, 0.1) is 13.2 Å². The summed E-state index contributed by atoms with van der Waals surface area (Å²) in [5.74, 6) is 0.478. The van der Waals surface area contributed by atoms with Gasteiger partial charge in [0.15, 0.2) is 0 Å². The first-order chi connectivity index (χ1) is 8.65. The first-order valence-corrected chi connectivity index (χ1v) is 5.81. The number of methoxy groups -OCH3 is 1. The van der Waals surface area contributed by atoms with Crippen LogP contribution in [0.2, 0.25) is 0 Å². The van der Waals surface area contributed by atoms with E-state index in [0.29, 0.717) is 11.6 Å². The lowest BCUT2D eigenvalue weighted by Gasteiger charge is -2.17. The third-order valence-corrected chi connectivity index (χ3v) is 3.16. The number of hydrogen-bond donors (Lipinski definition) is 1. The molecule has 94 valence electrons. The van der Waals surface area contributed by atoms with E-state index in [1.54, 1.807) is 19.5 Å². The molecule has 1 heterocycles. The number of ether oxygens (including phenoxy) is 1. The van der Waals surface area contributed by atoms with Crippen LogP contribution in [0.4, 0.5) is 0 Å². The molecule has 0 spiro atoms. The summed E-state index contributed by atoms with van der Waals surface area (Å²) < 4.78 is 5.20. The van der Waals surface area contributed by atoms with E-state index in [4.69, 9.17) is 10.5 Å². The molecule has 0 aliphatic carbocycles. The van der Waals surface area contributed by atoms with Gasteiger partial charge >= 0.3 is 0 Å². The number of aromatic nitrogens is 2. The summed E-state index contributed by atoms with van der Waals surface area (Å²) in [5.41, 5.74) is 10.4. The van der Waals surface area contributed by atoms with Crippen molar-refractivity contribution in [2.75, 3.05) is 7.11 Å². The predicted molar refractivity (Wildman–Crippen MR) is 70.5 cm³/mol. The average molecular weight is 243 g/mol. The van der Waals surface area contributed by atoms with Crippen LogP contribution in [0.1, 0.15) is 28.4 Å². The molecule has 0 radical (unpaired) electrons. The van der Waals surface area contributed by atoms with Crippen molar-refractivity contribution in [3.8, 4) is 5.88 Å². The van der Waals surface area contributed by atoms with Gasteiger partial charge in [0.25, 0.3) is 0 Å². The Hall–Kier alpha value is -1.94. The fraction of sp³-hybridized carbons (Fsp3) is 0.286. The Morgan fingerprint density at radius 1 is 1.17 bits per heavy atom. The molecule has 2 rings (SSSR count). The van der Waals surface area contributed by atoms with E-state index >= 15 is 0 Å². The maximum atomic E-state index is 6.28. The van der Waals surface area contributed by atoms with Crippen LogP contribution < -0.4 is 10.5 Å². The van der Waals surface area contributed by atoms with Crippen molar-refractivity contribution in [2.45, 2.75) is 19.9 Å². The molecule has 0 bridgehead atoms. The Bertz CT molecular complexity index is 554. The molecule has 0 saturated heterocycles. The first-order valence-electron chi connectivity index (χ1n) is 5.81. The van der Waals surface area contributed by atoms with Crippen molar-refractivity contribution < 1.29 is 4.74 Å². The summed E-state index contributed by atoms with van der Waals surface area (Å²) in [5, 5.41) is 0. The molecule has 1 unspecified atom stereocenters. The standard InChI is InChI=1S/C14H17N3O/c1-9-5-4-6-11(10(9)2)12(15)13-14(18-3)17-8-7-16-13/h4-8,12H,15H2,1-3H3. The van der Waals surface area contributed by atoms with Crippen molar-refractivity contribution in [3.05, 3.63) is 53.0 Å². The molecule has 1 aromatic heterocycles. The minimum Gasteiger partial charge on any atom is -0.480 e. The number of benzene rings is 1. The van der Waals surface area contributed by atoms with Gasteiger partial charge in [0, 0.05) is 12.4 Å². The molecule has 0 amide bonds. The monoisotopic (exact) mass is 243 g/mol. The zero-order valence-electron chi connectivity index (χ0n) is 10.8. The second-order valence-electron chi connectivity index (χ2n) is 4.22. The van der Waals surface area contributed by atoms with Crippen LogP contribution in [-0.4, -0.2) is 17.1 Å². The molecule has 0 saturated carbocycles. The van der Waals surface area contributed by atoms with Gasteiger partial charge < -0.3 is 10.5 Å². The Morgan fingerprint density at radius 2 is 1.89 bits per heavy atom. The molecule has 0 fully saturated rings. The van der Waals surface area contributed by atoms with E-state index in [9.17, 15) is 0 Å². The fourth-order valence-corrected chi connectivity index (χ4v) is 1.96. The highest BCUT2D eigenvalue weighted by Gasteiger charge is 2.18. The van der Waals surface area contributed by atoms with E-state index in [1.165, 1.54) is 11.1 Å². The Kier molecular flexibility index (Phi) is 3.58. The van der Waals surface area contributed by atoms with Crippen LogP contribution in [0.15, 0.2) is 30.6 Å². The SMILES string of the molecule is COc1nccnc1C(N)c1cccc(C)c1C. The summed E-state index contributed by atoms with van der Waals surface area (Å²) in [4.78, 5) is 8.42. The molecule has 1 aromatic carbocycles. The van der Waals surface area contributed by atoms with E-state index < -0.39 is 0 Å². The predicted octanol–water partition coefficient (Wildman–Crippen LogP) is 2.15. The highest BCUT2D eigenvalue weighted by molar-refractivity contribution is 5.40. The number of aryl methyl sites for hydroxylation is 1. The topological polar surface area (TPSA) is 61.0 Å². The van der Waals surface area contributed by atoms with Crippen molar-refractivity contribution in [1.82, 2.24) is 9.97 Å². The second-order valence-corrected chi connectivity index (χ2v) is 4.22. The summed E-state index contributed by atoms with van der Waals surface area (Å²) in [7, 11) is 1.57. The van der Waals surface area contributed by atoms with Crippen LogP contribution in [0, 0.1) is 13.8 Å². The van der Waals surface area contributed by atoms with Gasteiger partial charge in [-0.3, -0.25) is 4.98 Å². The third kappa shape index (κ3) is 2.19. The summed E-state index contributed by atoms with van der Waals surface area (Å²) in [6, 6.07) is 5.76.